The minimum atomic E-state index is -1.29. The molecular weight excluding hydrogens is 378 g/mol. The number of esters is 1. The third-order valence-corrected chi connectivity index (χ3v) is 4.54. The van der Waals surface area contributed by atoms with Crippen molar-refractivity contribution < 1.29 is 29.0 Å². The van der Waals surface area contributed by atoms with Crippen molar-refractivity contribution in [3.63, 3.8) is 0 Å². The van der Waals surface area contributed by atoms with Gasteiger partial charge in [0, 0.05) is 0 Å². The van der Waals surface area contributed by atoms with E-state index in [0.717, 1.165) is 0 Å². The number of nitrogens with zero attached hydrogens (tertiary/aromatic N) is 1. The van der Waals surface area contributed by atoms with Gasteiger partial charge in [-0.25, -0.2) is 9.59 Å². The normalized spacial score (nSPS) is 18.3. The summed E-state index contributed by atoms with van der Waals surface area (Å²) in [5.74, 6) is -2.45. The number of carbonyl (C=O) groups is 4. The molecule has 2 aromatic rings. The van der Waals surface area contributed by atoms with Crippen LogP contribution in [0.5, 0.6) is 5.75 Å². The van der Waals surface area contributed by atoms with E-state index in [4.69, 9.17) is 4.74 Å². The van der Waals surface area contributed by atoms with Gasteiger partial charge in [-0.2, -0.15) is 5.01 Å². The quantitative estimate of drug-likeness (QED) is 0.500. The molecule has 9 heteroatoms. The molecule has 0 aliphatic carbocycles. The molecule has 1 aliphatic rings. The summed E-state index contributed by atoms with van der Waals surface area (Å²) >= 11 is 0. The highest BCUT2D eigenvalue weighted by Gasteiger charge is 2.52. The Labute approximate surface area is 166 Å². The van der Waals surface area contributed by atoms with Gasteiger partial charge in [0.15, 0.2) is 6.61 Å². The van der Waals surface area contributed by atoms with Crippen molar-refractivity contribution in [1.82, 2.24) is 15.8 Å². The molecule has 4 amide bonds. The Kier molecular flexibility index (Phi) is 5.49. The summed E-state index contributed by atoms with van der Waals surface area (Å²) in [5, 5.41) is 12.6. The molecular formula is C20H19N3O6. The van der Waals surface area contributed by atoms with E-state index >= 15 is 0 Å². The van der Waals surface area contributed by atoms with Gasteiger partial charge in [0.2, 0.25) is 0 Å². The SMILES string of the molecule is CC[C@@]1(c2ccccc2)NC(=O)N(NC(=O)COC(=O)c2cccc(O)c2)C1=O. The number of nitrogens with one attached hydrogen (secondary N) is 2. The number of phenols is 1. The van der Waals surface area contributed by atoms with Gasteiger partial charge in [-0.05, 0) is 30.2 Å². The summed E-state index contributed by atoms with van der Waals surface area (Å²) in [5.41, 5.74) is 1.52. The van der Waals surface area contributed by atoms with Gasteiger partial charge in [-0.3, -0.25) is 15.0 Å². The Hall–Kier alpha value is -3.88. The molecule has 1 aliphatic heterocycles. The van der Waals surface area contributed by atoms with Crippen molar-refractivity contribution in [2.24, 2.45) is 0 Å². The highest BCUT2D eigenvalue weighted by atomic mass is 16.5. The van der Waals surface area contributed by atoms with E-state index in [1.54, 1.807) is 37.3 Å². The fraction of sp³-hybridized carbons (Fsp3) is 0.200. The van der Waals surface area contributed by atoms with Gasteiger partial charge >= 0.3 is 12.0 Å². The maximum atomic E-state index is 12.9. The number of hydrogen-bond acceptors (Lipinski definition) is 6. The molecule has 1 atom stereocenters. The number of ether oxygens (including phenoxy) is 1. The first-order valence-corrected chi connectivity index (χ1v) is 8.85. The average Bonchev–Trinajstić information content (AvgIpc) is 2.97. The summed E-state index contributed by atoms with van der Waals surface area (Å²) in [4.78, 5) is 49.2. The van der Waals surface area contributed by atoms with Crippen LogP contribution in [0.2, 0.25) is 0 Å². The number of benzene rings is 2. The molecule has 29 heavy (non-hydrogen) atoms. The number of hydrazine groups is 1. The highest BCUT2D eigenvalue weighted by Crippen LogP contribution is 2.31. The second-order valence-electron chi connectivity index (χ2n) is 6.36. The van der Waals surface area contributed by atoms with Crippen LogP contribution >= 0.6 is 0 Å². The average molecular weight is 397 g/mol. The topological polar surface area (TPSA) is 125 Å². The lowest BCUT2D eigenvalue weighted by atomic mass is 9.87. The molecule has 3 rings (SSSR count). The minimum absolute atomic E-state index is 0.0573. The fourth-order valence-electron chi connectivity index (χ4n) is 3.04. The lowest BCUT2D eigenvalue weighted by molar-refractivity contribution is -0.140. The number of hydrogen-bond donors (Lipinski definition) is 3. The second kappa shape index (κ2) is 8.01. The molecule has 0 saturated carbocycles. The zero-order valence-electron chi connectivity index (χ0n) is 15.5. The Morgan fingerprint density at radius 3 is 2.52 bits per heavy atom. The van der Waals surface area contributed by atoms with Gasteiger partial charge in [0.25, 0.3) is 11.8 Å². The number of aromatic hydroxyl groups is 1. The lowest BCUT2D eigenvalue weighted by Gasteiger charge is -2.25. The van der Waals surface area contributed by atoms with E-state index in [9.17, 15) is 24.3 Å². The van der Waals surface area contributed by atoms with Crippen molar-refractivity contribution in [2.45, 2.75) is 18.9 Å². The maximum absolute atomic E-state index is 12.9. The van der Waals surface area contributed by atoms with Crippen LogP contribution in [0.15, 0.2) is 54.6 Å². The summed E-state index contributed by atoms with van der Waals surface area (Å²) in [6, 6.07) is 13.3. The fourth-order valence-corrected chi connectivity index (χ4v) is 3.04. The van der Waals surface area contributed by atoms with Crippen LogP contribution in [0.3, 0.4) is 0 Å². The molecule has 9 nitrogen and oxygen atoms in total. The first-order chi connectivity index (χ1) is 13.9. The van der Waals surface area contributed by atoms with Crippen LogP contribution in [0.25, 0.3) is 0 Å². The second-order valence-corrected chi connectivity index (χ2v) is 6.36. The van der Waals surface area contributed by atoms with E-state index in [-0.39, 0.29) is 17.7 Å². The van der Waals surface area contributed by atoms with Crippen molar-refractivity contribution in [3.05, 3.63) is 65.7 Å². The van der Waals surface area contributed by atoms with Crippen molar-refractivity contribution in [2.75, 3.05) is 6.61 Å². The summed E-state index contributed by atoms with van der Waals surface area (Å²) in [7, 11) is 0. The molecule has 1 heterocycles. The summed E-state index contributed by atoms with van der Waals surface area (Å²) in [6.45, 7) is 1.03. The Bertz CT molecular complexity index is 962. The molecule has 2 aromatic carbocycles. The summed E-state index contributed by atoms with van der Waals surface area (Å²) in [6.07, 6.45) is 0.278. The van der Waals surface area contributed by atoms with E-state index in [1.165, 1.54) is 24.3 Å². The standard InChI is InChI=1S/C20H19N3O6/c1-2-20(14-8-4-3-5-9-14)18(27)23(19(28)21-20)22-16(25)12-29-17(26)13-7-6-10-15(24)11-13/h3-11,24H,2,12H2,1H3,(H,21,28)(H,22,25)/t20-/m0/s1. The number of rotatable bonds is 6. The minimum Gasteiger partial charge on any atom is -0.508 e. The number of imide groups is 1. The van der Waals surface area contributed by atoms with Crippen LogP contribution in [-0.4, -0.2) is 40.5 Å². The third kappa shape index (κ3) is 3.88. The van der Waals surface area contributed by atoms with Gasteiger partial charge in [-0.15, -0.1) is 0 Å². The molecule has 150 valence electrons. The van der Waals surface area contributed by atoms with Crippen molar-refractivity contribution in [3.8, 4) is 5.75 Å². The van der Waals surface area contributed by atoms with E-state index in [2.05, 4.69) is 10.7 Å². The Balaban J connectivity index is 1.65. The van der Waals surface area contributed by atoms with Crippen LogP contribution in [0.4, 0.5) is 4.79 Å². The highest BCUT2D eigenvalue weighted by molar-refractivity contribution is 6.08. The monoisotopic (exact) mass is 397 g/mol. The van der Waals surface area contributed by atoms with E-state index in [0.29, 0.717) is 10.6 Å². The maximum Gasteiger partial charge on any atom is 0.344 e. The molecule has 3 N–H and O–H groups in total. The lowest BCUT2D eigenvalue weighted by Crippen LogP contribution is -2.49. The van der Waals surface area contributed by atoms with Crippen LogP contribution in [0.1, 0.15) is 29.3 Å². The number of carbonyl (C=O) groups excluding carboxylic acids is 4. The molecule has 0 unspecified atom stereocenters. The summed E-state index contributed by atoms with van der Waals surface area (Å²) < 4.78 is 4.86. The van der Waals surface area contributed by atoms with E-state index in [1.807, 2.05) is 0 Å². The first kappa shape index (κ1) is 19.9. The van der Waals surface area contributed by atoms with Crippen LogP contribution in [0, 0.1) is 0 Å². The molecule has 0 bridgehead atoms. The predicted molar refractivity (Wildman–Crippen MR) is 100 cm³/mol. The van der Waals surface area contributed by atoms with E-state index < -0.39 is 36.0 Å². The Morgan fingerprint density at radius 1 is 1.14 bits per heavy atom. The van der Waals surface area contributed by atoms with Crippen LogP contribution in [-0.2, 0) is 19.9 Å². The smallest absolute Gasteiger partial charge is 0.344 e. The Morgan fingerprint density at radius 2 is 1.86 bits per heavy atom. The number of phenolic OH excluding ortho intramolecular Hbond substituents is 1. The zero-order valence-corrected chi connectivity index (χ0v) is 15.5. The third-order valence-electron chi connectivity index (χ3n) is 4.54. The molecule has 0 aromatic heterocycles. The number of urea groups is 1. The zero-order chi connectivity index (χ0) is 21.0. The first-order valence-electron chi connectivity index (χ1n) is 8.85. The molecule has 1 fully saturated rings. The van der Waals surface area contributed by atoms with Crippen molar-refractivity contribution in [1.29, 1.82) is 0 Å². The van der Waals surface area contributed by atoms with Gasteiger partial charge in [0.1, 0.15) is 11.3 Å². The molecule has 0 radical (unpaired) electrons. The predicted octanol–water partition coefficient (Wildman–Crippen LogP) is 1.44. The van der Waals surface area contributed by atoms with Gasteiger partial charge < -0.3 is 15.2 Å². The van der Waals surface area contributed by atoms with Crippen LogP contribution < -0.4 is 10.7 Å². The largest absolute Gasteiger partial charge is 0.508 e. The van der Waals surface area contributed by atoms with Gasteiger partial charge in [0.05, 0.1) is 5.56 Å². The van der Waals surface area contributed by atoms with Gasteiger partial charge in [-0.1, -0.05) is 43.3 Å². The molecule has 1 saturated heterocycles. The number of amides is 4. The molecule has 0 spiro atoms. The van der Waals surface area contributed by atoms with Crippen molar-refractivity contribution >= 4 is 23.8 Å².